The fourth-order valence-corrected chi connectivity index (χ4v) is 3.34. The van der Waals surface area contributed by atoms with Gasteiger partial charge >= 0.3 is 5.97 Å². The van der Waals surface area contributed by atoms with Crippen LogP contribution in [0.1, 0.15) is 39.6 Å². The number of rotatable bonds is 4. The number of hydrogen-bond acceptors (Lipinski definition) is 5. The molecule has 0 bridgehead atoms. The van der Waals surface area contributed by atoms with Crippen LogP contribution in [0, 0.1) is 6.92 Å². The van der Waals surface area contributed by atoms with Gasteiger partial charge in [-0.25, -0.2) is 9.78 Å². The number of nitrogens with zero attached hydrogens (tertiary/aromatic N) is 2. The second kappa shape index (κ2) is 7.59. The number of anilines is 1. The van der Waals surface area contributed by atoms with Gasteiger partial charge in [0.25, 0.3) is 5.91 Å². The van der Waals surface area contributed by atoms with Crippen LogP contribution in [0.4, 0.5) is 5.82 Å². The average Bonchev–Trinajstić information content (AvgIpc) is 3.23. The van der Waals surface area contributed by atoms with Crippen molar-refractivity contribution in [1.82, 2.24) is 20.3 Å². The number of imidazole rings is 1. The Kier molecular flexibility index (Phi) is 5.43. The summed E-state index contributed by atoms with van der Waals surface area (Å²) < 4.78 is 4.64. The van der Waals surface area contributed by atoms with Gasteiger partial charge in [-0.3, -0.25) is 4.79 Å². The van der Waals surface area contributed by atoms with Gasteiger partial charge in [-0.1, -0.05) is 23.2 Å². The molecule has 1 amide bonds. The van der Waals surface area contributed by atoms with Crippen LogP contribution < -0.4 is 10.2 Å². The number of aryl methyl sites for hydroxylation is 1. The molecular formula is C16H19Cl2N5O3. The van der Waals surface area contributed by atoms with E-state index in [2.05, 4.69) is 29.9 Å². The first-order valence-corrected chi connectivity index (χ1v) is 8.89. The first-order chi connectivity index (χ1) is 12.4. The number of amides is 1. The third kappa shape index (κ3) is 3.66. The molecule has 1 aliphatic rings. The van der Waals surface area contributed by atoms with Gasteiger partial charge in [-0.05, 0) is 19.8 Å². The first kappa shape index (κ1) is 18.6. The Balaban J connectivity index is 1.57. The van der Waals surface area contributed by atoms with Crippen LogP contribution in [0.25, 0.3) is 0 Å². The van der Waals surface area contributed by atoms with Gasteiger partial charge in [0.1, 0.15) is 11.5 Å². The molecule has 0 atom stereocenters. The zero-order chi connectivity index (χ0) is 18.8. The Morgan fingerprint density at radius 1 is 1.27 bits per heavy atom. The van der Waals surface area contributed by atoms with Crippen LogP contribution in [0.3, 0.4) is 0 Å². The standard InChI is InChI=1S/C16H19Cl2N5O3/c1-8-11(17)12(18)13(20-8)15(24)21-9-3-5-23(6-4-9)10-7-19-14(22-10)16(25)26-2/h7,9,20H,3-6H2,1-2H3,(H,19,22)(H,21,24). The number of methoxy groups -OCH3 is 1. The molecule has 1 fully saturated rings. The van der Waals surface area contributed by atoms with Crippen LogP contribution in [0.2, 0.25) is 10.0 Å². The zero-order valence-electron chi connectivity index (χ0n) is 14.4. The van der Waals surface area contributed by atoms with Crippen LogP contribution in [0.15, 0.2) is 6.20 Å². The fraction of sp³-hybridized carbons (Fsp3) is 0.438. The van der Waals surface area contributed by atoms with E-state index in [1.54, 1.807) is 13.1 Å². The smallest absolute Gasteiger partial charge is 0.374 e. The molecule has 0 radical (unpaired) electrons. The molecule has 140 valence electrons. The normalized spacial score (nSPS) is 15.2. The zero-order valence-corrected chi connectivity index (χ0v) is 15.9. The van der Waals surface area contributed by atoms with Crippen molar-refractivity contribution in [2.45, 2.75) is 25.8 Å². The highest BCUT2D eigenvalue weighted by Crippen LogP contribution is 2.29. The number of carbonyl (C=O) groups excluding carboxylic acids is 2. The van der Waals surface area contributed by atoms with E-state index in [-0.39, 0.29) is 28.5 Å². The second-order valence-electron chi connectivity index (χ2n) is 6.10. The summed E-state index contributed by atoms with van der Waals surface area (Å²) in [5.41, 5.74) is 0.949. The summed E-state index contributed by atoms with van der Waals surface area (Å²) in [5, 5.41) is 3.59. The summed E-state index contributed by atoms with van der Waals surface area (Å²) in [4.78, 5) is 35.8. The summed E-state index contributed by atoms with van der Waals surface area (Å²) in [6, 6.07) is 0.0280. The molecule has 10 heteroatoms. The Labute approximate surface area is 160 Å². The van der Waals surface area contributed by atoms with Gasteiger partial charge in [-0.15, -0.1) is 0 Å². The molecule has 3 rings (SSSR count). The monoisotopic (exact) mass is 399 g/mol. The van der Waals surface area contributed by atoms with Crippen molar-refractivity contribution < 1.29 is 14.3 Å². The van der Waals surface area contributed by atoms with E-state index >= 15 is 0 Å². The van der Waals surface area contributed by atoms with Gasteiger partial charge in [0.05, 0.1) is 23.4 Å². The second-order valence-corrected chi connectivity index (χ2v) is 6.85. The van der Waals surface area contributed by atoms with Crippen molar-refractivity contribution in [3.8, 4) is 0 Å². The maximum atomic E-state index is 12.4. The van der Waals surface area contributed by atoms with Crippen LogP contribution >= 0.6 is 23.2 Å². The average molecular weight is 400 g/mol. The van der Waals surface area contributed by atoms with Crippen molar-refractivity contribution in [2.24, 2.45) is 0 Å². The van der Waals surface area contributed by atoms with Crippen molar-refractivity contribution in [3.63, 3.8) is 0 Å². The Bertz CT molecular complexity index is 824. The SMILES string of the molecule is COC(=O)c1ncc(N2CCC(NC(=O)c3[nH]c(C)c(Cl)c3Cl)CC2)[nH]1. The van der Waals surface area contributed by atoms with E-state index in [0.29, 0.717) is 23.8 Å². The number of hydrogen-bond donors (Lipinski definition) is 3. The lowest BCUT2D eigenvalue weighted by atomic mass is 10.0. The van der Waals surface area contributed by atoms with Gasteiger partial charge < -0.3 is 24.9 Å². The molecular weight excluding hydrogens is 381 g/mol. The lowest BCUT2D eigenvalue weighted by Crippen LogP contribution is -2.45. The van der Waals surface area contributed by atoms with Crippen molar-refractivity contribution in [3.05, 3.63) is 33.5 Å². The Hall–Kier alpha value is -2.19. The first-order valence-electron chi connectivity index (χ1n) is 8.13. The maximum Gasteiger partial charge on any atom is 0.374 e. The summed E-state index contributed by atoms with van der Waals surface area (Å²) in [5.74, 6) is 0.157. The number of esters is 1. The topological polar surface area (TPSA) is 103 Å². The number of ether oxygens (including phenoxy) is 1. The number of H-pyrrole nitrogens is 2. The highest BCUT2D eigenvalue weighted by atomic mass is 35.5. The number of nitrogens with one attached hydrogen (secondary N) is 3. The van der Waals surface area contributed by atoms with Gasteiger partial charge in [0.2, 0.25) is 5.82 Å². The summed E-state index contributed by atoms with van der Waals surface area (Å²) >= 11 is 12.1. The molecule has 1 saturated heterocycles. The van der Waals surface area contributed by atoms with Crippen molar-refractivity contribution in [2.75, 3.05) is 25.1 Å². The molecule has 1 aliphatic heterocycles. The molecule has 0 aromatic carbocycles. The Morgan fingerprint density at radius 3 is 2.54 bits per heavy atom. The summed E-state index contributed by atoms with van der Waals surface area (Å²) in [6.45, 7) is 3.19. The molecule has 8 nitrogen and oxygen atoms in total. The molecule has 3 N–H and O–H groups in total. The van der Waals surface area contributed by atoms with Gasteiger partial charge in [-0.2, -0.15) is 0 Å². The van der Waals surface area contributed by atoms with Crippen LogP contribution in [-0.2, 0) is 4.74 Å². The predicted molar refractivity (Wildman–Crippen MR) is 98.2 cm³/mol. The number of carbonyl (C=O) groups is 2. The number of aromatic nitrogens is 3. The van der Waals surface area contributed by atoms with Crippen molar-refractivity contribution >= 4 is 40.9 Å². The molecule has 0 saturated carbocycles. The van der Waals surface area contributed by atoms with E-state index in [0.717, 1.165) is 18.7 Å². The minimum atomic E-state index is -0.504. The molecule has 0 unspecified atom stereocenters. The largest absolute Gasteiger partial charge is 0.463 e. The number of aromatic amines is 2. The van der Waals surface area contributed by atoms with Crippen LogP contribution in [0.5, 0.6) is 0 Å². The van der Waals surface area contributed by atoms with Crippen molar-refractivity contribution in [1.29, 1.82) is 0 Å². The lowest BCUT2D eigenvalue weighted by molar-refractivity contribution is 0.0588. The maximum absolute atomic E-state index is 12.4. The third-order valence-corrected chi connectivity index (χ3v) is 5.34. The van der Waals surface area contributed by atoms with Gasteiger partial charge in [0, 0.05) is 24.8 Å². The predicted octanol–water partition coefficient (Wildman–Crippen LogP) is 2.54. The van der Waals surface area contributed by atoms with E-state index in [4.69, 9.17) is 23.2 Å². The van der Waals surface area contributed by atoms with E-state index in [9.17, 15) is 9.59 Å². The molecule has 2 aromatic rings. The Morgan fingerprint density at radius 2 is 1.96 bits per heavy atom. The molecule has 2 aromatic heterocycles. The number of piperidine rings is 1. The highest BCUT2D eigenvalue weighted by Gasteiger charge is 2.25. The van der Waals surface area contributed by atoms with E-state index in [1.807, 2.05) is 0 Å². The lowest BCUT2D eigenvalue weighted by Gasteiger charge is -2.32. The van der Waals surface area contributed by atoms with E-state index in [1.165, 1.54) is 7.11 Å². The summed E-state index contributed by atoms with van der Waals surface area (Å²) in [7, 11) is 1.31. The minimum Gasteiger partial charge on any atom is -0.463 e. The van der Waals surface area contributed by atoms with E-state index < -0.39 is 5.97 Å². The molecule has 3 heterocycles. The quantitative estimate of drug-likeness (QED) is 0.685. The summed E-state index contributed by atoms with van der Waals surface area (Å²) in [6.07, 6.45) is 3.11. The van der Waals surface area contributed by atoms with Crippen LogP contribution in [-0.4, -0.2) is 53.1 Å². The molecule has 0 aliphatic carbocycles. The highest BCUT2D eigenvalue weighted by molar-refractivity contribution is 6.44. The third-order valence-electron chi connectivity index (χ3n) is 4.39. The fourth-order valence-electron chi connectivity index (χ4n) is 2.92. The minimum absolute atomic E-state index is 0.0280. The van der Waals surface area contributed by atoms with Gasteiger partial charge in [0.15, 0.2) is 0 Å². The molecule has 0 spiro atoms. The number of halogens is 2. The molecule has 26 heavy (non-hydrogen) atoms.